The van der Waals surface area contributed by atoms with E-state index < -0.39 is 0 Å². The van der Waals surface area contributed by atoms with Gasteiger partial charge in [-0.25, -0.2) is 4.79 Å². The van der Waals surface area contributed by atoms with E-state index in [9.17, 15) is 4.79 Å². The number of carbonyl (C=O) groups excluding carboxylic acids is 1. The molecule has 2 aromatic carbocycles. The lowest BCUT2D eigenvalue weighted by Gasteiger charge is -2.05. The summed E-state index contributed by atoms with van der Waals surface area (Å²) in [5.41, 5.74) is 2.06. The second kappa shape index (κ2) is 14.5. The highest BCUT2D eigenvalue weighted by atomic mass is 16.5. The molecule has 156 valence electrons. The number of benzene rings is 2. The summed E-state index contributed by atoms with van der Waals surface area (Å²) in [5, 5.41) is 8.35. The fraction of sp³-hybridized carbons (Fsp3) is 0.480. The molecule has 0 fully saturated rings. The highest BCUT2D eigenvalue weighted by Gasteiger charge is 2.06. The number of hydrogen-bond acceptors (Lipinski definition) is 4. The van der Waals surface area contributed by atoms with Crippen molar-refractivity contribution in [3.63, 3.8) is 0 Å². The van der Waals surface area contributed by atoms with Gasteiger partial charge in [-0.3, -0.25) is 0 Å². The minimum Gasteiger partial charge on any atom is -0.462 e. The van der Waals surface area contributed by atoms with Crippen molar-refractivity contribution < 1.29 is 9.53 Å². The SMILES string of the molecule is CCCCCCCCCCCCOC(=O)c1ccc(N=Nc2ccccc2)cc1. The molecule has 0 aromatic heterocycles. The van der Waals surface area contributed by atoms with Crippen LogP contribution in [-0.2, 0) is 4.74 Å². The Labute approximate surface area is 175 Å². The average molecular weight is 395 g/mol. The lowest BCUT2D eigenvalue weighted by atomic mass is 10.1. The molecule has 0 bridgehead atoms. The lowest BCUT2D eigenvalue weighted by molar-refractivity contribution is 0.0497. The van der Waals surface area contributed by atoms with E-state index in [2.05, 4.69) is 17.2 Å². The largest absolute Gasteiger partial charge is 0.462 e. The van der Waals surface area contributed by atoms with Gasteiger partial charge in [-0.2, -0.15) is 10.2 Å². The van der Waals surface area contributed by atoms with Crippen LogP contribution < -0.4 is 0 Å². The van der Waals surface area contributed by atoms with Gasteiger partial charge in [-0.05, 0) is 42.8 Å². The van der Waals surface area contributed by atoms with E-state index in [4.69, 9.17) is 4.74 Å². The molecule has 0 unspecified atom stereocenters. The fourth-order valence-corrected chi connectivity index (χ4v) is 3.11. The summed E-state index contributed by atoms with van der Waals surface area (Å²) >= 11 is 0. The van der Waals surface area contributed by atoms with Gasteiger partial charge < -0.3 is 4.74 Å². The first kappa shape index (κ1) is 22.8. The summed E-state index contributed by atoms with van der Waals surface area (Å²) in [5.74, 6) is -0.271. The number of esters is 1. The summed E-state index contributed by atoms with van der Waals surface area (Å²) in [7, 11) is 0. The first-order valence-electron chi connectivity index (χ1n) is 11.0. The van der Waals surface area contributed by atoms with E-state index >= 15 is 0 Å². The van der Waals surface area contributed by atoms with E-state index in [0.717, 1.165) is 18.5 Å². The molecule has 0 aliphatic rings. The summed E-state index contributed by atoms with van der Waals surface area (Å²) in [4.78, 5) is 12.1. The van der Waals surface area contributed by atoms with Gasteiger partial charge in [-0.1, -0.05) is 82.9 Å². The van der Waals surface area contributed by atoms with Crippen molar-refractivity contribution in [1.82, 2.24) is 0 Å². The van der Waals surface area contributed by atoms with Crippen molar-refractivity contribution in [2.45, 2.75) is 71.1 Å². The van der Waals surface area contributed by atoms with Crippen LogP contribution in [0.5, 0.6) is 0 Å². The topological polar surface area (TPSA) is 51.0 Å². The highest BCUT2D eigenvalue weighted by Crippen LogP contribution is 2.18. The zero-order valence-electron chi connectivity index (χ0n) is 17.7. The number of carbonyl (C=O) groups is 1. The molecule has 2 rings (SSSR count). The predicted octanol–water partition coefficient (Wildman–Crippen LogP) is 8.18. The molecule has 4 heteroatoms. The molecule has 0 radical (unpaired) electrons. The van der Waals surface area contributed by atoms with Gasteiger partial charge in [0.1, 0.15) is 0 Å². The Morgan fingerprint density at radius 1 is 0.690 bits per heavy atom. The van der Waals surface area contributed by atoms with Gasteiger partial charge in [0.05, 0.1) is 23.5 Å². The van der Waals surface area contributed by atoms with Crippen molar-refractivity contribution in [2.24, 2.45) is 10.2 Å². The Kier molecular flexibility index (Phi) is 11.4. The van der Waals surface area contributed by atoms with Crippen molar-refractivity contribution in [2.75, 3.05) is 6.61 Å². The van der Waals surface area contributed by atoms with Gasteiger partial charge in [0.25, 0.3) is 0 Å². The summed E-state index contributed by atoms with van der Waals surface area (Å²) < 4.78 is 5.38. The molecule has 29 heavy (non-hydrogen) atoms. The van der Waals surface area contributed by atoms with Crippen LogP contribution in [0.15, 0.2) is 64.8 Å². The molecular weight excluding hydrogens is 360 g/mol. The summed E-state index contributed by atoms with van der Waals surface area (Å²) in [6.07, 6.45) is 12.7. The minimum atomic E-state index is -0.271. The van der Waals surface area contributed by atoms with Gasteiger partial charge >= 0.3 is 5.97 Å². The second-order valence-electron chi connectivity index (χ2n) is 7.40. The number of hydrogen-bond donors (Lipinski definition) is 0. The maximum absolute atomic E-state index is 12.1. The molecule has 0 amide bonds. The number of azo groups is 1. The van der Waals surface area contributed by atoms with Gasteiger partial charge in [0.2, 0.25) is 0 Å². The maximum atomic E-state index is 12.1. The predicted molar refractivity (Wildman–Crippen MR) is 119 cm³/mol. The molecular formula is C25H34N2O2. The summed E-state index contributed by atoms with van der Waals surface area (Å²) in [6.45, 7) is 2.74. The Balaban J connectivity index is 1.57. The molecule has 0 saturated carbocycles. The van der Waals surface area contributed by atoms with Crippen LogP contribution in [0.25, 0.3) is 0 Å². The number of ether oxygens (including phenoxy) is 1. The third-order valence-corrected chi connectivity index (χ3v) is 4.87. The molecule has 0 heterocycles. The van der Waals surface area contributed by atoms with Gasteiger partial charge in [0, 0.05) is 0 Å². The molecule has 0 spiro atoms. The monoisotopic (exact) mass is 394 g/mol. The van der Waals surface area contributed by atoms with E-state index in [1.54, 1.807) is 24.3 Å². The van der Waals surface area contributed by atoms with Crippen LogP contribution in [-0.4, -0.2) is 12.6 Å². The number of unbranched alkanes of at least 4 members (excludes halogenated alkanes) is 9. The first-order valence-corrected chi connectivity index (χ1v) is 11.0. The normalized spacial score (nSPS) is 11.1. The van der Waals surface area contributed by atoms with E-state index in [0.29, 0.717) is 17.9 Å². The van der Waals surface area contributed by atoms with E-state index in [-0.39, 0.29) is 5.97 Å². The molecule has 0 N–H and O–H groups in total. The van der Waals surface area contributed by atoms with Crippen molar-refractivity contribution in [1.29, 1.82) is 0 Å². The van der Waals surface area contributed by atoms with Crippen molar-refractivity contribution in [3.8, 4) is 0 Å². The van der Waals surface area contributed by atoms with Crippen LogP contribution in [0, 0.1) is 0 Å². The molecule has 0 aliphatic heterocycles. The van der Waals surface area contributed by atoms with Crippen LogP contribution in [0.2, 0.25) is 0 Å². The van der Waals surface area contributed by atoms with Crippen LogP contribution >= 0.6 is 0 Å². The Hall–Kier alpha value is -2.49. The van der Waals surface area contributed by atoms with Crippen LogP contribution in [0.4, 0.5) is 11.4 Å². The third-order valence-electron chi connectivity index (χ3n) is 4.87. The smallest absolute Gasteiger partial charge is 0.338 e. The molecule has 4 nitrogen and oxygen atoms in total. The van der Waals surface area contributed by atoms with Crippen LogP contribution in [0.1, 0.15) is 81.5 Å². The second-order valence-corrected chi connectivity index (χ2v) is 7.40. The zero-order valence-corrected chi connectivity index (χ0v) is 17.7. The molecule has 0 saturated heterocycles. The number of rotatable bonds is 14. The zero-order chi connectivity index (χ0) is 20.6. The highest BCUT2D eigenvalue weighted by molar-refractivity contribution is 5.89. The van der Waals surface area contributed by atoms with Crippen LogP contribution in [0.3, 0.4) is 0 Å². The lowest BCUT2D eigenvalue weighted by Crippen LogP contribution is -2.06. The maximum Gasteiger partial charge on any atom is 0.338 e. The minimum absolute atomic E-state index is 0.271. The summed E-state index contributed by atoms with van der Waals surface area (Å²) in [6, 6.07) is 16.6. The van der Waals surface area contributed by atoms with Gasteiger partial charge in [0.15, 0.2) is 0 Å². The fourth-order valence-electron chi connectivity index (χ4n) is 3.11. The molecule has 0 aliphatic carbocycles. The molecule has 2 aromatic rings. The van der Waals surface area contributed by atoms with Crippen molar-refractivity contribution >= 4 is 17.3 Å². The Morgan fingerprint density at radius 2 is 1.21 bits per heavy atom. The average Bonchev–Trinajstić information content (AvgIpc) is 2.77. The standard InChI is InChI=1S/C25H34N2O2/c1-2-3-4-5-6-7-8-9-10-14-21-29-25(28)22-17-19-24(20-18-22)27-26-23-15-12-11-13-16-23/h11-13,15-20H,2-10,14,21H2,1H3. The van der Waals surface area contributed by atoms with E-state index in [1.807, 2.05) is 30.3 Å². The first-order chi connectivity index (χ1) is 14.3. The Bertz CT molecular complexity index is 711. The van der Waals surface area contributed by atoms with Gasteiger partial charge in [-0.15, -0.1) is 0 Å². The van der Waals surface area contributed by atoms with Crippen molar-refractivity contribution in [3.05, 3.63) is 60.2 Å². The quantitative estimate of drug-likeness (QED) is 0.184. The van der Waals surface area contributed by atoms with E-state index in [1.165, 1.54) is 51.4 Å². The third kappa shape index (κ3) is 10.0. The molecule has 0 atom stereocenters. The Morgan fingerprint density at radius 3 is 1.79 bits per heavy atom. The number of nitrogens with zero attached hydrogens (tertiary/aromatic N) is 2.